The van der Waals surface area contributed by atoms with Crippen LogP contribution in [0, 0.1) is 30.6 Å². The molecule has 2 aliphatic carbocycles. The number of fused-ring (bicyclic) bond motifs is 5. The first-order valence-corrected chi connectivity index (χ1v) is 11.1. The smallest absolute Gasteiger partial charge is 0.261 e. The normalized spacial score (nSPS) is 27.6. The van der Waals surface area contributed by atoms with Gasteiger partial charge in [0.2, 0.25) is 11.8 Å². The monoisotopic (exact) mass is 408 g/mol. The van der Waals surface area contributed by atoms with Crippen molar-refractivity contribution >= 4 is 33.2 Å². The number of imide groups is 1. The summed E-state index contributed by atoms with van der Waals surface area (Å²) in [6.45, 7) is 1.88. The lowest BCUT2D eigenvalue weighted by Gasteiger charge is -2.17. The topological polar surface area (TPSA) is 83.6 Å². The van der Waals surface area contributed by atoms with Crippen LogP contribution in [0.5, 0.6) is 0 Å². The number of nitrogens with zero attached hydrogens (tertiary/aromatic N) is 1. The Kier molecular flexibility index (Phi) is 3.93. The Balaban J connectivity index is 1.39. The minimum absolute atomic E-state index is 0.0729. The second-order valence-corrected chi connectivity index (χ2v) is 9.66. The molecule has 2 aromatic rings. The molecule has 1 aliphatic heterocycles. The van der Waals surface area contributed by atoms with Crippen molar-refractivity contribution in [2.45, 2.75) is 18.2 Å². The maximum Gasteiger partial charge on any atom is 0.261 e. The summed E-state index contributed by atoms with van der Waals surface area (Å²) in [6.07, 6.45) is 4.97. The summed E-state index contributed by atoms with van der Waals surface area (Å²) in [5.41, 5.74) is 1.85. The van der Waals surface area contributed by atoms with Gasteiger partial charge in [-0.3, -0.25) is 19.2 Å². The van der Waals surface area contributed by atoms with Gasteiger partial charge in [0.15, 0.2) is 0 Å². The highest BCUT2D eigenvalue weighted by atomic mass is 32.2. The number of hydrogen-bond donors (Lipinski definition) is 1. The summed E-state index contributed by atoms with van der Waals surface area (Å²) in [6, 6.07) is 13.0. The van der Waals surface area contributed by atoms with Gasteiger partial charge in [-0.1, -0.05) is 24.3 Å². The Hall–Kier alpha value is -2.93. The van der Waals surface area contributed by atoms with Crippen LogP contribution in [0.1, 0.15) is 12.0 Å². The van der Waals surface area contributed by atoms with E-state index in [0.717, 1.165) is 12.0 Å². The number of benzene rings is 2. The molecule has 0 radical (unpaired) electrons. The van der Waals surface area contributed by atoms with Crippen molar-refractivity contribution in [2.24, 2.45) is 23.7 Å². The third-order valence-electron chi connectivity index (χ3n) is 6.15. The van der Waals surface area contributed by atoms with Crippen molar-refractivity contribution in [3.8, 4) is 0 Å². The van der Waals surface area contributed by atoms with E-state index in [1.807, 2.05) is 25.1 Å². The first-order chi connectivity index (χ1) is 13.8. The summed E-state index contributed by atoms with van der Waals surface area (Å²) < 4.78 is 27.9. The van der Waals surface area contributed by atoms with Crippen LogP contribution in [0.2, 0.25) is 0 Å². The quantitative estimate of drug-likeness (QED) is 0.622. The van der Waals surface area contributed by atoms with Gasteiger partial charge >= 0.3 is 0 Å². The minimum atomic E-state index is -3.77. The molecule has 2 bridgehead atoms. The van der Waals surface area contributed by atoms with Crippen molar-refractivity contribution in [3.63, 3.8) is 0 Å². The average Bonchev–Trinajstić information content (AvgIpc) is 3.35. The van der Waals surface area contributed by atoms with Crippen molar-refractivity contribution in [1.82, 2.24) is 0 Å². The highest BCUT2D eigenvalue weighted by molar-refractivity contribution is 7.92. The summed E-state index contributed by atoms with van der Waals surface area (Å²) in [4.78, 5) is 27.1. The zero-order valence-electron chi connectivity index (χ0n) is 15.8. The molecule has 1 saturated carbocycles. The standard InChI is InChI=1S/C22H20N2O4S/c1-13-3-2-4-16(11-13)23-29(27,28)18-9-7-17(8-10-18)24-21(25)19-14-5-6-15(12-14)20(19)22(24)26/h2-11,14-15,19-20,23H,12H2,1H3/t14-,15?,19+,20-/m1/s1. The Morgan fingerprint density at radius 1 is 0.931 bits per heavy atom. The Bertz CT molecular complexity index is 1120. The highest BCUT2D eigenvalue weighted by Gasteiger charge is 2.59. The predicted molar refractivity (Wildman–Crippen MR) is 109 cm³/mol. The van der Waals surface area contributed by atoms with Gasteiger partial charge in [0.05, 0.1) is 22.4 Å². The van der Waals surface area contributed by atoms with E-state index in [2.05, 4.69) is 4.72 Å². The highest BCUT2D eigenvalue weighted by Crippen LogP contribution is 2.53. The fourth-order valence-corrected chi connectivity index (χ4v) is 5.90. The third-order valence-corrected chi connectivity index (χ3v) is 7.54. The average molecular weight is 408 g/mol. The Labute approximate surface area is 169 Å². The van der Waals surface area contributed by atoms with Crippen LogP contribution in [0.25, 0.3) is 0 Å². The van der Waals surface area contributed by atoms with Gasteiger partial charge in [-0.15, -0.1) is 0 Å². The fourth-order valence-electron chi connectivity index (χ4n) is 4.85. The van der Waals surface area contributed by atoms with Crippen molar-refractivity contribution in [3.05, 3.63) is 66.2 Å². The molecule has 4 atom stereocenters. The van der Waals surface area contributed by atoms with Gasteiger partial charge in [0.25, 0.3) is 10.0 Å². The number of anilines is 2. The third kappa shape index (κ3) is 2.80. The molecule has 148 valence electrons. The van der Waals surface area contributed by atoms with E-state index in [0.29, 0.717) is 11.4 Å². The maximum atomic E-state index is 12.9. The first-order valence-electron chi connectivity index (χ1n) is 9.61. The summed E-state index contributed by atoms with van der Waals surface area (Å²) in [7, 11) is -3.77. The molecule has 1 unspecified atom stereocenters. The van der Waals surface area contributed by atoms with Gasteiger partial charge in [0.1, 0.15) is 0 Å². The van der Waals surface area contributed by atoms with E-state index in [-0.39, 0.29) is 40.4 Å². The van der Waals surface area contributed by atoms with Gasteiger partial charge in [-0.05, 0) is 67.1 Å². The number of sulfonamides is 1. The second kappa shape index (κ2) is 6.29. The summed E-state index contributed by atoms with van der Waals surface area (Å²) in [5.74, 6) is -0.613. The second-order valence-electron chi connectivity index (χ2n) is 7.98. The largest absolute Gasteiger partial charge is 0.280 e. The SMILES string of the molecule is Cc1cccc(NS(=O)(=O)c2ccc(N3C(=O)[C@H]4[C@@H]5C=CC(C5)[C@H]4C3=O)cc2)c1. The molecule has 1 heterocycles. The van der Waals surface area contributed by atoms with Crippen LogP contribution in [-0.2, 0) is 19.6 Å². The molecule has 1 N–H and O–H groups in total. The first kappa shape index (κ1) is 18.1. The molecule has 7 heteroatoms. The lowest BCUT2D eigenvalue weighted by molar-refractivity contribution is -0.123. The van der Waals surface area contributed by atoms with Crippen LogP contribution in [0.15, 0.2) is 65.6 Å². The van der Waals surface area contributed by atoms with Gasteiger partial charge in [-0.25, -0.2) is 8.42 Å². The number of amides is 2. The van der Waals surface area contributed by atoms with Crippen LogP contribution < -0.4 is 9.62 Å². The Morgan fingerprint density at radius 3 is 2.14 bits per heavy atom. The van der Waals surface area contributed by atoms with E-state index >= 15 is 0 Å². The van der Waals surface area contributed by atoms with Crippen molar-refractivity contribution in [1.29, 1.82) is 0 Å². The number of carbonyl (C=O) groups is 2. The molecular weight excluding hydrogens is 388 g/mol. The maximum absolute atomic E-state index is 12.9. The van der Waals surface area contributed by atoms with E-state index in [4.69, 9.17) is 0 Å². The molecule has 29 heavy (non-hydrogen) atoms. The minimum Gasteiger partial charge on any atom is -0.280 e. The number of aryl methyl sites for hydroxylation is 1. The number of allylic oxidation sites excluding steroid dienone is 2. The number of carbonyl (C=O) groups excluding carboxylic acids is 2. The van der Waals surface area contributed by atoms with Crippen LogP contribution in [-0.4, -0.2) is 20.2 Å². The van der Waals surface area contributed by atoms with E-state index in [9.17, 15) is 18.0 Å². The molecular formula is C22H20N2O4S. The molecule has 6 nitrogen and oxygen atoms in total. The van der Waals surface area contributed by atoms with E-state index in [1.54, 1.807) is 18.2 Å². The fraction of sp³-hybridized carbons (Fsp3) is 0.273. The molecule has 5 rings (SSSR count). The molecule has 0 aromatic heterocycles. The molecule has 3 aliphatic rings. The Morgan fingerprint density at radius 2 is 1.55 bits per heavy atom. The molecule has 2 aromatic carbocycles. The summed E-state index contributed by atoms with van der Waals surface area (Å²) >= 11 is 0. The van der Waals surface area contributed by atoms with Crippen LogP contribution in [0.4, 0.5) is 11.4 Å². The van der Waals surface area contributed by atoms with E-state index < -0.39 is 10.0 Å². The molecule has 2 amide bonds. The van der Waals surface area contributed by atoms with Gasteiger partial charge < -0.3 is 0 Å². The van der Waals surface area contributed by atoms with Crippen molar-refractivity contribution < 1.29 is 18.0 Å². The number of rotatable bonds is 4. The predicted octanol–water partition coefficient (Wildman–Crippen LogP) is 3.11. The van der Waals surface area contributed by atoms with Crippen LogP contribution in [0.3, 0.4) is 0 Å². The molecule has 1 saturated heterocycles. The zero-order chi connectivity index (χ0) is 20.3. The van der Waals surface area contributed by atoms with Crippen LogP contribution >= 0.6 is 0 Å². The lowest BCUT2D eigenvalue weighted by Crippen LogP contribution is -2.32. The van der Waals surface area contributed by atoms with Crippen molar-refractivity contribution in [2.75, 3.05) is 9.62 Å². The lowest BCUT2D eigenvalue weighted by atomic mass is 9.85. The molecule has 0 spiro atoms. The zero-order valence-corrected chi connectivity index (χ0v) is 16.6. The number of hydrogen-bond acceptors (Lipinski definition) is 4. The summed E-state index contributed by atoms with van der Waals surface area (Å²) in [5, 5.41) is 0. The van der Waals surface area contributed by atoms with Gasteiger partial charge in [-0.2, -0.15) is 0 Å². The van der Waals surface area contributed by atoms with E-state index in [1.165, 1.54) is 29.2 Å². The molecule has 2 fully saturated rings. The van der Waals surface area contributed by atoms with Gasteiger partial charge in [0, 0.05) is 5.69 Å². The number of nitrogens with one attached hydrogen (secondary N) is 1.